The number of hydrogen-bond acceptors (Lipinski definition) is 2. The second-order valence-corrected chi connectivity index (χ2v) is 7.98. The molecule has 0 spiro atoms. The molecule has 0 amide bonds. The van der Waals surface area contributed by atoms with E-state index < -0.39 is 0 Å². The van der Waals surface area contributed by atoms with E-state index in [1.54, 1.807) is 0 Å². The van der Waals surface area contributed by atoms with Crippen molar-refractivity contribution in [3.8, 4) is 22.6 Å². The van der Waals surface area contributed by atoms with Crippen LogP contribution in [0.1, 0.15) is 0 Å². The monoisotopic (exact) mass is 498 g/mol. The van der Waals surface area contributed by atoms with Crippen LogP contribution in [0.2, 0.25) is 0 Å². The predicted octanol–water partition coefficient (Wildman–Crippen LogP) is 7.21. The van der Waals surface area contributed by atoms with Crippen molar-refractivity contribution in [2.45, 2.75) is 0 Å². The minimum atomic E-state index is 0.605. The first-order valence-electron chi connectivity index (χ1n) is 9.25. The van der Waals surface area contributed by atoms with Crippen molar-refractivity contribution in [2.24, 2.45) is 0 Å². The average molecular weight is 500 g/mol. The van der Waals surface area contributed by atoms with Crippen molar-refractivity contribution in [3.63, 3.8) is 0 Å². The Morgan fingerprint density at radius 1 is 0.536 bits per heavy atom. The second kappa shape index (κ2) is 8.97. The van der Waals surface area contributed by atoms with Gasteiger partial charge in [0.25, 0.3) is 0 Å². The molecule has 0 saturated carbocycles. The van der Waals surface area contributed by atoms with E-state index in [0.717, 1.165) is 44.1 Å². The largest absolute Gasteiger partial charge is 0.492 e. The maximum absolute atomic E-state index is 6.15. The fraction of sp³-hybridized carbons (Fsp3) is 0.167. The predicted molar refractivity (Wildman–Crippen MR) is 125 cm³/mol. The van der Waals surface area contributed by atoms with E-state index >= 15 is 0 Å². The summed E-state index contributed by atoms with van der Waals surface area (Å²) in [5, 5.41) is 6.25. The SMILES string of the molecule is BrCCOc1ccc2ccccc2c1-c1c(OCCBr)ccc2ccccc12. The zero-order valence-electron chi connectivity index (χ0n) is 15.3. The van der Waals surface area contributed by atoms with Gasteiger partial charge in [-0.2, -0.15) is 0 Å². The first-order chi connectivity index (χ1) is 13.8. The Bertz CT molecular complexity index is 1020. The summed E-state index contributed by atoms with van der Waals surface area (Å²) in [6.07, 6.45) is 0. The van der Waals surface area contributed by atoms with Gasteiger partial charge in [0.05, 0.1) is 13.2 Å². The highest BCUT2D eigenvalue weighted by Gasteiger charge is 2.18. The van der Waals surface area contributed by atoms with Gasteiger partial charge in [-0.15, -0.1) is 0 Å². The Hall–Kier alpha value is -2.04. The molecule has 0 atom stereocenters. The van der Waals surface area contributed by atoms with Gasteiger partial charge in [0, 0.05) is 21.8 Å². The molecular weight excluding hydrogens is 480 g/mol. The van der Waals surface area contributed by atoms with Gasteiger partial charge in [-0.1, -0.05) is 92.5 Å². The first kappa shape index (κ1) is 19.3. The van der Waals surface area contributed by atoms with Gasteiger partial charge < -0.3 is 9.47 Å². The van der Waals surface area contributed by atoms with E-state index in [4.69, 9.17) is 9.47 Å². The Kier molecular flexibility index (Phi) is 6.18. The topological polar surface area (TPSA) is 18.5 Å². The van der Waals surface area contributed by atoms with Crippen LogP contribution in [0.25, 0.3) is 32.7 Å². The number of benzene rings is 4. The third kappa shape index (κ3) is 3.76. The van der Waals surface area contributed by atoms with Crippen molar-refractivity contribution in [3.05, 3.63) is 72.8 Å². The lowest BCUT2D eigenvalue weighted by molar-refractivity contribution is 0.342. The molecule has 4 aromatic rings. The highest BCUT2D eigenvalue weighted by Crippen LogP contribution is 2.45. The van der Waals surface area contributed by atoms with Crippen LogP contribution in [0, 0.1) is 0 Å². The standard InChI is InChI=1S/C24H20Br2O2/c25-13-15-27-21-11-9-17-5-1-3-7-19(17)23(21)24-20-8-4-2-6-18(20)10-12-22(24)28-16-14-26/h1-12H,13-16H2. The summed E-state index contributed by atoms with van der Waals surface area (Å²) >= 11 is 6.94. The fourth-order valence-electron chi connectivity index (χ4n) is 3.56. The summed E-state index contributed by atoms with van der Waals surface area (Å²) in [7, 11) is 0. The summed E-state index contributed by atoms with van der Waals surface area (Å²) in [6, 6.07) is 25.2. The van der Waals surface area contributed by atoms with Gasteiger partial charge in [-0.05, 0) is 33.7 Å². The van der Waals surface area contributed by atoms with Gasteiger partial charge >= 0.3 is 0 Å². The number of rotatable bonds is 7. The van der Waals surface area contributed by atoms with Crippen LogP contribution in [-0.2, 0) is 0 Å². The van der Waals surface area contributed by atoms with E-state index in [0.29, 0.717) is 13.2 Å². The van der Waals surface area contributed by atoms with Crippen LogP contribution in [0.5, 0.6) is 11.5 Å². The van der Waals surface area contributed by atoms with Crippen LogP contribution >= 0.6 is 31.9 Å². The van der Waals surface area contributed by atoms with Crippen molar-refractivity contribution in [2.75, 3.05) is 23.9 Å². The Morgan fingerprint density at radius 2 is 0.964 bits per heavy atom. The van der Waals surface area contributed by atoms with Gasteiger partial charge in [0.2, 0.25) is 0 Å². The molecule has 4 rings (SSSR count). The van der Waals surface area contributed by atoms with Gasteiger partial charge in [-0.25, -0.2) is 0 Å². The molecule has 0 aliphatic carbocycles. The van der Waals surface area contributed by atoms with E-state index in [-0.39, 0.29) is 0 Å². The summed E-state index contributed by atoms with van der Waals surface area (Å²) in [5.41, 5.74) is 2.17. The van der Waals surface area contributed by atoms with Crippen molar-refractivity contribution in [1.82, 2.24) is 0 Å². The van der Waals surface area contributed by atoms with Crippen molar-refractivity contribution >= 4 is 53.4 Å². The highest BCUT2D eigenvalue weighted by atomic mass is 79.9. The minimum Gasteiger partial charge on any atom is -0.492 e. The molecule has 4 aromatic carbocycles. The Balaban J connectivity index is 2.07. The summed E-state index contributed by atoms with van der Waals surface area (Å²) in [4.78, 5) is 0. The molecule has 0 aromatic heterocycles. The molecule has 0 aliphatic rings. The highest BCUT2D eigenvalue weighted by molar-refractivity contribution is 9.09. The van der Waals surface area contributed by atoms with Crippen LogP contribution in [0.3, 0.4) is 0 Å². The third-order valence-corrected chi connectivity index (χ3v) is 5.35. The molecule has 0 radical (unpaired) electrons. The van der Waals surface area contributed by atoms with Gasteiger partial charge in [0.15, 0.2) is 0 Å². The Labute approximate surface area is 181 Å². The molecule has 0 unspecified atom stereocenters. The first-order valence-corrected chi connectivity index (χ1v) is 11.5. The van der Waals surface area contributed by atoms with Gasteiger partial charge in [-0.3, -0.25) is 0 Å². The van der Waals surface area contributed by atoms with Crippen LogP contribution in [-0.4, -0.2) is 23.9 Å². The molecule has 0 heterocycles. The number of halogens is 2. The molecule has 2 nitrogen and oxygen atoms in total. The van der Waals surface area contributed by atoms with Crippen LogP contribution in [0.15, 0.2) is 72.8 Å². The summed E-state index contributed by atoms with van der Waals surface area (Å²) in [6.45, 7) is 1.21. The minimum absolute atomic E-state index is 0.605. The molecule has 0 N–H and O–H groups in total. The van der Waals surface area contributed by atoms with Crippen LogP contribution < -0.4 is 9.47 Å². The van der Waals surface area contributed by atoms with E-state index in [9.17, 15) is 0 Å². The molecule has 0 bridgehead atoms. The molecule has 4 heteroatoms. The fourth-order valence-corrected chi connectivity index (χ4v) is 3.88. The third-order valence-electron chi connectivity index (χ3n) is 4.70. The van der Waals surface area contributed by atoms with E-state index in [1.165, 1.54) is 10.8 Å². The van der Waals surface area contributed by atoms with E-state index in [1.807, 2.05) is 0 Å². The molecule has 0 saturated heterocycles. The lowest BCUT2D eigenvalue weighted by atomic mass is 9.92. The average Bonchev–Trinajstić information content (AvgIpc) is 2.75. The van der Waals surface area contributed by atoms with Crippen molar-refractivity contribution < 1.29 is 9.47 Å². The smallest absolute Gasteiger partial charge is 0.127 e. The normalized spacial score (nSPS) is 11.1. The lowest BCUT2D eigenvalue weighted by Crippen LogP contribution is -2.03. The molecular formula is C24H20Br2O2. The lowest BCUT2D eigenvalue weighted by Gasteiger charge is -2.19. The number of hydrogen-bond donors (Lipinski definition) is 0. The molecule has 28 heavy (non-hydrogen) atoms. The number of fused-ring (bicyclic) bond motifs is 2. The second-order valence-electron chi connectivity index (χ2n) is 6.39. The zero-order valence-corrected chi connectivity index (χ0v) is 18.5. The summed E-state index contributed by atoms with van der Waals surface area (Å²) < 4.78 is 12.3. The van der Waals surface area contributed by atoms with Crippen LogP contribution in [0.4, 0.5) is 0 Å². The molecule has 142 valence electrons. The number of alkyl halides is 2. The summed E-state index contributed by atoms with van der Waals surface area (Å²) in [5.74, 6) is 1.75. The maximum Gasteiger partial charge on any atom is 0.127 e. The van der Waals surface area contributed by atoms with Gasteiger partial charge in [0.1, 0.15) is 11.5 Å². The molecule has 0 aliphatic heterocycles. The quantitative estimate of drug-likeness (QED) is 0.250. The zero-order chi connectivity index (χ0) is 19.3. The maximum atomic E-state index is 6.15. The van der Waals surface area contributed by atoms with E-state index in [2.05, 4.69) is 105 Å². The Morgan fingerprint density at radius 3 is 1.39 bits per heavy atom. The number of ether oxygens (including phenoxy) is 2. The molecule has 0 fully saturated rings. The van der Waals surface area contributed by atoms with Crippen molar-refractivity contribution in [1.29, 1.82) is 0 Å².